The van der Waals surface area contributed by atoms with Gasteiger partial charge in [0.05, 0.1) is 11.6 Å². The third kappa shape index (κ3) is 2.57. The van der Waals surface area contributed by atoms with Crippen LogP contribution in [0.25, 0.3) is 0 Å². The molecule has 0 fully saturated rings. The average Bonchev–Trinajstić information content (AvgIpc) is 2.28. The van der Waals surface area contributed by atoms with E-state index in [1.807, 2.05) is 6.07 Å². The van der Waals surface area contributed by atoms with Crippen molar-refractivity contribution < 1.29 is 4.79 Å². The van der Waals surface area contributed by atoms with Crippen molar-refractivity contribution in [1.82, 2.24) is 0 Å². The Labute approximate surface area is 94.5 Å². The summed E-state index contributed by atoms with van der Waals surface area (Å²) >= 11 is 5.73. The van der Waals surface area contributed by atoms with Gasteiger partial charge in [0.25, 0.3) is 0 Å². The van der Waals surface area contributed by atoms with Crippen molar-refractivity contribution >= 4 is 17.4 Å². The number of carbonyl (C=O) groups is 1. The molecular formula is C12H12ClNO. The highest BCUT2D eigenvalue weighted by Gasteiger charge is 2.27. The number of nitriles is 1. The molecule has 0 amide bonds. The summed E-state index contributed by atoms with van der Waals surface area (Å²) in [5, 5.41) is 8.72. The van der Waals surface area contributed by atoms with Gasteiger partial charge in [0.15, 0.2) is 5.78 Å². The lowest BCUT2D eigenvalue weighted by atomic mass is 9.86. The van der Waals surface area contributed by atoms with E-state index in [1.54, 1.807) is 38.1 Å². The maximum atomic E-state index is 12.0. The molecule has 0 spiro atoms. The van der Waals surface area contributed by atoms with Crippen LogP contribution in [-0.4, -0.2) is 11.7 Å². The number of halogens is 1. The van der Waals surface area contributed by atoms with Gasteiger partial charge in [0.2, 0.25) is 0 Å². The molecule has 78 valence electrons. The highest BCUT2D eigenvalue weighted by atomic mass is 35.5. The molecule has 0 aliphatic carbocycles. The normalized spacial score (nSPS) is 10.8. The van der Waals surface area contributed by atoms with Crippen LogP contribution in [0.2, 0.25) is 0 Å². The Kier molecular flexibility index (Phi) is 3.49. The van der Waals surface area contributed by atoms with E-state index >= 15 is 0 Å². The largest absolute Gasteiger partial charge is 0.294 e. The molecular weight excluding hydrogens is 210 g/mol. The third-order valence-electron chi connectivity index (χ3n) is 2.20. The van der Waals surface area contributed by atoms with Crippen molar-refractivity contribution in [2.45, 2.75) is 13.8 Å². The van der Waals surface area contributed by atoms with E-state index < -0.39 is 5.41 Å². The van der Waals surface area contributed by atoms with Crippen molar-refractivity contribution in [3.63, 3.8) is 0 Å². The highest BCUT2D eigenvalue weighted by molar-refractivity contribution is 6.21. The van der Waals surface area contributed by atoms with Crippen LogP contribution < -0.4 is 0 Å². The number of hydrogen-bond donors (Lipinski definition) is 0. The lowest BCUT2D eigenvalue weighted by Gasteiger charge is -2.19. The summed E-state index contributed by atoms with van der Waals surface area (Å²) in [6.07, 6.45) is 0. The van der Waals surface area contributed by atoms with Crippen LogP contribution >= 0.6 is 11.6 Å². The van der Waals surface area contributed by atoms with Crippen LogP contribution in [0.4, 0.5) is 0 Å². The first-order valence-electron chi connectivity index (χ1n) is 4.62. The molecule has 0 unspecified atom stereocenters. The second-order valence-corrected chi connectivity index (χ2v) is 4.31. The molecule has 0 aliphatic heterocycles. The number of benzene rings is 1. The second kappa shape index (κ2) is 4.46. The second-order valence-electron chi connectivity index (χ2n) is 4.04. The molecule has 0 saturated heterocycles. The molecule has 0 atom stereocenters. The molecule has 2 nitrogen and oxygen atoms in total. The number of alkyl halides is 1. The lowest BCUT2D eigenvalue weighted by Crippen LogP contribution is -2.26. The Bertz CT molecular complexity index is 418. The van der Waals surface area contributed by atoms with Gasteiger partial charge in [-0.05, 0) is 12.1 Å². The van der Waals surface area contributed by atoms with E-state index in [9.17, 15) is 4.79 Å². The van der Waals surface area contributed by atoms with E-state index in [0.29, 0.717) is 11.1 Å². The Morgan fingerprint density at radius 3 is 2.73 bits per heavy atom. The van der Waals surface area contributed by atoms with Crippen molar-refractivity contribution in [3.05, 3.63) is 35.4 Å². The minimum atomic E-state index is -0.588. The van der Waals surface area contributed by atoms with Crippen LogP contribution in [-0.2, 0) is 0 Å². The van der Waals surface area contributed by atoms with Gasteiger partial charge in [-0.15, -0.1) is 11.6 Å². The molecule has 1 aromatic rings. The van der Waals surface area contributed by atoms with Gasteiger partial charge >= 0.3 is 0 Å². The lowest BCUT2D eigenvalue weighted by molar-refractivity contribution is 0.0862. The van der Waals surface area contributed by atoms with Gasteiger partial charge in [-0.2, -0.15) is 5.26 Å². The molecule has 0 bridgehead atoms. The average molecular weight is 222 g/mol. The van der Waals surface area contributed by atoms with Crippen LogP contribution in [0.5, 0.6) is 0 Å². The smallest absolute Gasteiger partial charge is 0.169 e. The molecule has 0 N–H and O–H groups in total. The molecule has 0 aliphatic rings. The number of rotatable bonds is 3. The number of Topliss-reactive ketones (excluding diaryl/α,β-unsaturated/α-hetero) is 1. The number of ketones is 1. The number of nitrogens with zero attached hydrogens (tertiary/aromatic N) is 1. The molecule has 0 saturated carbocycles. The Balaban J connectivity index is 3.08. The summed E-state index contributed by atoms with van der Waals surface area (Å²) in [7, 11) is 0. The predicted octanol–water partition coefficient (Wildman–Crippen LogP) is 3.01. The number of hydrogen-bond acceptors (Lipinski definition) is 2. The zero-order valence-electron chi connectivity index (χ0n) is 8.75. The summed E-state index contributed by atoms with van der Waals surface area (Å²) in [5.74, 6) is 0.234. The maximum absolute atomic E-state index is 12.0. The molecule has 15 heavy (non-hydrogen) atoms. The fourth-order valence-corrected chi connectivity index (χ4v) is 1.30. The first kappa shape index (κ1) is 11.7. The molecule has 1 rings (SSSR count). The van der Waals surface area contributed by atoms with Crippen LogP contribution in [0, 0.1) is 16.7 Å². The standard InChI is InChI=1S/C12H12ClNO/c1-12(2,8-13)11(15)10-5-3-4-9(6-10)7-14/h3-6H,8H2,1-2H3. The van der Waals surface area contributed by atoms with Crippen LogP contribution in [0.15, 0.2) is 24.3 Å². The summed E-state index contributed by atoms with van der Waals surface area (Å²) in [6.45, 7) is 3.59. The molecule has 1 aromatic carbocycles. The Morgan fingerprint density at radius 1 is 1.53 bits per heavy atom. The van der Waals surface area contributed by atoms with Crippen molar-refractivity contribution in [1.29, 1.82) is 5.26 Å². The minimum absolute atomic E-state index is 0.0328. The quantitative estimate of drug-likeness (QED) is 0.582. The number of carbonyl (C=O) groups excluding carboxylic acids is 1. The monoisotopic (exact) mass is 221 g/mol. The van der Waals surface area contributed by atoms with Gasteiger partial charge in [0, 0.05) is 16.9 Å². The van der Waals surface area contributed by atoms with Crippen molar-refractivity contribution in [3.8, 4) is 6.07 Å². The molecule has 0 aromatic heterocycles. The summed E-state index contributed by atoms with van der Waals surface area (Å²) in [4.78, 5) is 12.0. The van der Waals surface area contributed by atoms with Crippen LogP contribution in [0.1, 0.15) is 29.8 Å². The van der Waals surface area contributed by atoms with E-state index in [2.05, 4.69) is 0 Å². The summed E-state index contributed by atoms with van der Waals surface area (Å²) in [5.41, 5.74) is 0.446. The topological polar surface area (TPSA) is 40.9 Å². The predicted molar refractivity (Wildman–Crippen MR) is 60.0 cm³/mol. The summed E-state index contributed by atoms with van der Waals surface area (Å²) < 4.78 is 0. The van der Waals surface area contributed by atoms with E-state index in [0.717, 1.165) is 0 Å². The summed E-state index contributed by atoms with van der Waals surface area (Å²) in [6, 6.07) is 8.68. The zero-order valence-corrected chi connectivity index (χ0v) is 9.51. The first-order valence-corrected chi connectivity index (χ1v) is 5.15. The first-order chi connectivity index (χ1) is 7.01. The SMILES string of the molecule is CC(C)(CCl)C(=O)c1cccc(C#N)c1. The maximum Gasteiger partial charge on any atom is 0.169 e. The fraction of sp³-hybridized carbons (Fsp3) is 0.333. The Morgan fingerprint density at radius 2 is 2.20 bits per heavy atom. The minimum Gasteiger partial charge on any atom is -0.294 e. The zero-order chi connectivity index (χ0) is 11.5. The van der Waals surface area contributed by atoms with Crippen LogP contribution in [0.3, 0.4) is 0 Å². The van der Waals surface area contributed by atoms with Crippen molar-refractivity contribution in [2.75, 3.05) is 5.88 Å². The van der Waals surface area contributed by atoms with Crippen molar-refractivity contribution in [2.24, 2.45) is 5.41 Å². The molecule has 0 radical (unpaired) electrons. The fourth-order valence-electron chi connectivity index (χ4n) is 1.18. The Hall–Kier alpha value is -1.33. The molecule has 3 heteroatoms. The van der Waals surface area contributed by atoms with Gasteiger partial charge in [0.1, 0.15) is 0 Å². The van der Waals surface area contributed by atoms with Gasteiger partial charge < -0.3 is 0 Å². The van der Waals surface area contributed by atoms with E-state index in [-0.39, 0.29) is 11.7 Å². The third-order valence-corrected chi connectivity index (χ3v) is 2.87. The van der Waals surface area contributed by atoms with Gasteiger partial charge in [-0.25, -0.2) is 0 Å². The van der Waals surface area contributed by atoms with E-state index in [4.69, 9.17) is 16.9 Å². The highest BCUT2D eigenvalue weighted by Crippen LogP contribution is 2.23. The van der Waals surface area contributed by atoms with Gasteiger partial charge in [-0.3, -0.25) is 4.79 Å². The van der Waals surface area contributed by atoms with E-state index in [1.165, 1.54) is 0 Å². The van der Waals surface area contributed by atoms with Gasteiger partial charge in [-0.1, -0.05) is 26.0 Å². The molecule has 0 heterocycles.